The van der Waals surface area contributed by atoms with Crippen LogP contribution in [0, 0.1) is 51.0 Å². The number of aliphatic carboxylic acids is 1. The molecule has 5 atom stereocenters. The Morgan fingerprint density at radius 2 is 1.14 bits per heavy atom. The van der Waals surface area contributed by atoms with Crippen molar-refractivity contribution in [2.24, 2.45) is 40.9 Å². The average molecular weight is 792 g/mol. The van der Waals surface area contributed by atoms with Crippen molar-refractivity contribution in [1.29, 1.82) is 0 Å². The third kappa shape index (κ3) is 11.9. The van der Waals surface area contributed by atoms with Gasteiger partial charge in [-0.1, -0.05) is 26.7 Å². The molecular weight excluding hydrogens is 718 g/mol. The lowest BCUT2D eigenvalue weighted by molar-refractivity contribution is -0.528. The molecule has 6 aliphatic carbocycles. The van der Waals surface area contributed by atoms with Gasteiger partial charge in [0.05, 0.1) is 49.5 Å². The zero-order valence-corrected chi connectivity index (χ0v) is 34.3. The van der Waals surface area contributed by atoms with E-state index in [1.807, 2.05) is 0 Å². The van der Waals surface area contributed by atoms with Crippen molar-refractivity contribution >= 4 is 11.9 Å². The molecule has 0 heterocycles. The second kappa shape index (κ2) is 20.9. The number of carbonyl (C=O) groups is 2. The number of hydrogen-bond donors (Lipinski definition) is 4. The topological polar surface area (TPSA) is 179 Å². The molecule has 1 amide bonds. The highest BCUT2D eigenvalue weighted by atomic mass is 17.1. The number of nitro groups is 1. The molecule has 0 radical (unpaired) electrons. The first kappa shape index (κ1) is 43.7. The first-order valence-corrected chi connectivity index (χ1v) is 22.6. The SMILES string of the molecule is CC(C)(C1CCC(OC2CCC(NOCC3CCCCC3COO)CC2)CC1)C1CCC(OC2CCC(NC(=O)C3CCC([N+](=O)[O-])CC3C(=O)O)CC2)CC1. The van der Waals surface area contributed by atoms with E-state index in [4.69, 9.17) is 19.6 Å². The minimum absolute atomic E-state index is 0.000391. The summed E-state index contributed by atoms with van der Waals surface area (Å²) in [4.78, 5) is 46.2. The van der Waals surface area contributed by atoms with Gasteiger partial charge in [-0.25, -0.2) is 4.89 Å². The highest BCUT2D eigenvalue weighted by Crippen LogP contribution is 2.49. The predicted octanol–water partition coefficient (Wildman–Crippen LogP) is 7.87. The standard InChI is InChI=1S/C43H73N3O10/c1-43(2,31-9-18-36(19-10-31)56-38-22-13-33(14-23-38)45-53-26-28-5-3-4-6-29(28)27-54-52)30-7-16-35(17-8-30)55-37-20-11-32(12-21-37)44-41(47)39-24-15-34(46(50)51)25-40(39)42(48)49/h28-40,45,52H,3-27H2,1-2H3,(H,44,47)(H,48,49). The summed E-state index contributed by atoms with van der Waals surface area (Å²) in [6, 6.07) is -0.501. The van der Waals surface area contributed by atoms with Gasteiger partial charge in [-0.05, 0) is 151 Å². The first-order chi connectivity index (χ1) is 27.0. The number of nitrogens with one attached hydrogen (secondary N) is 2. The third-order valence-corrected chi connectivity index (χ3v) is 15.6. The van der Waals surface area contributed by atoms with Crippen LogP contribution in [0.4, 0.5) is 0 Å². The molecule has 13 heteroatoms. The molecule has 320 valence electrons. The van der Waals surface area contributed by atoms with E-state index >= 15 is 0 Å². The summed E-state index contributed by atoms with van der Waals surface area (Å²) in [6.45, 7) is 6.12. The van der Waals surface area contributed by atoms with Gasteiger partial charge in [0.25, 0.3) is 0 Å². The van der Waals surface area contributed by atoms with Gasteiger partial charge in [0, 0.05) is 29.8 Å². The van der Waals surface area contributed by atoms with Crippen LogP contribution in [-0.2, 0) is 28.8 Å². The maximum atomic E-state index is 13.1. The molecule has 0 aliphatic heterocycles. The Kier molecular flexibility index (Phi) is 16.3. The Labute approximate surface area is 334 Å². The van der Waals surface area contributed by atoms with E-state index in [-0.39, 0.29) is 37.3 Å². The molecule has 4 N–H and O–H groups in total. The molecule has 56 heavy (non-hydrogen) atoms. The molecule has 6 aliphatic rings. The number of ether oxygens (including phenoxy) is 2. The molecule has 0 bridgehead atoms. The fraction of sp³-hybridized carbons (Fsp3) is 0.953. The number of rotatable bonds is 16. The van der Waals surface area contributed by atoms with E-state index in [0.29, 0.717) is 60.7 Å². The molecule has 0 spiro atoms. The Hall–Kier alpha value is -1.90. The number of hydrogen-bond acceptors (Lipinski definition) is 10. The summed E-state index contributed by atoms with van der Waals surface area (Å²) < 4.78 is 13.4. The second-order valence-corrected chi connectivity index (χ2v) is 19.3. The molecule has 0 aromatic heterocycles. The second-order valence-electron chi connectivity index (χ2n) is 19.3. The third-order valence-electron chi connectivity index (χ3n) is 15.6. The van der Waals surface area contributed by atoms with Crippen LogP contribution in [0.1, 0.15) is 162 Å². The molecule has 13 nitrogen and oxygen atoms in total. The van der Waals surface area contributed by atoms with Crippen molar-refractivity contribution in [3.63, 3.8) is 0 Å². The van der Waals surface area contributed by atoms with Crippen molar-refractivity contribution in [3.8, 4) is 0 Å². The molecule has 0 saturated heterocycles. The zero-order valence-electron chi connectivity index (χ0n) is 34.3. The summed E-state index contributed by atoms with van der Waals surface area (Å²) in [5.41, 5.74) is 3.66. The maximum Gasteiger partial charge on any atom is 0.307 e. The average Bonchev–Trinajstić information content (AvgIpc) is 3.20. The lowest BCUT2D eigenvalue weighted by Crippen LogP contribution is -2.48. The highest BCUT2D eigenvalue weighted by Gasteiger charge is 2.45. The van der Waals surface area contributed by atoms with E-state index in [1.165, 1.54) is 51.4 Å². The van der Waals surface area contributed by atoms with Gasteiger partial charge >= 0.3 is 5.97 Å². The lowest BCUT2D eigenvalue weighted by atomic mass is 9.60. The van der Waals surface area contributed by atoms with Crippen LogP contribution < -0.4 is 10.8 Å². The van der Waals surface area contributed by atoms with Crippen LogP contribution >= 0.6 is 0 Å². The van der Waals surface area contributed by atoms with Gasteiger partial charge in [0.1, 0.15) is 0 Å². The quantitative estimate of drug-likeness (QED) is 0.0679. The minimum atomic E-state index is -1.12. The van der Waals surface area contributed by atoms with Crippen LogP contribution in [0.25, 0.3) is 0 Å². The largest absolute Gasteiger partial charge is 0.481 e. The Bertz CT molecular complexity index is 1240. The van der Waals surface area contributed by atoms with Crippen LogP contribution in [0.2, 0.25) is 0 Å². The van der Waals surface area contributed by atoms with E-state index in [9.17, 15) is 24.8 Å². The maximum absolute atomic E-state index is 13.1. The van der Waals surface area contributed by atoms with Gasteiger partial charge in [0.2, 0.25) is 11.9 Å². The van der Waals surface area contributed by atoms with Crippen molar-refractivity contribution in [1.82, 2.24) is 10.8 Å². The van der Waals surface area contributed by atoms with Gasteiger partial charge in [-0.3, -0.25) is 25.0 Å². The van der Waals surface area contributed by atoms with Crippen molar-refractivity contribution in [3.05, 3.63) is 10.1 Å². The molecule has 6 saturated carbocycles. The molecule has 6 rings (SSSR count). The van der Waals surface area contributed by atoms with Crippen molar-refractivity contribution < 1.29 is 44.1 Å². The van der Waals surface area contributed by atoms with E-state index in [2.05, 4.69) is 29.5 Å². The lowest BCUT2D eigenvalue weighted by Gasteiger charge is -2.47. The van der Waals surface area contributed by atoms with Gasteiger partial charge < -0.3 is 24.7 Å². The molecule has 0 aromatic carbocycles. The van der Waals surface area contributed by atoms with Crippen LogP contribution in [0.5, 0.6) is 0 Å². The number of carbonyl (C=O) groups excluding carboxylic acids is 1. The number of carboxylic acids is 1. The van der Waals surface area contributed by atoms with E-state index < -0.39 is 28.8 Å². The molecule has 5 unspecified atom stereocenters. The van der Waals surface area contributed by atoms with E-state index in [0.717, 1.165) is 83.0 Å². The van der Waals surface area contributed by atoms with Crippen molar-refractivity contribution in [2.45, 2.75) is 204 Å². The first-order valence-electron chi connectivity index (χ1n) is 22.6. The normalized spacial score (nSPS) is 38.7. The van der Waals surface area contributed by atoms with E-state index in [1.54, 1.807) is 0 Å². The summed E-state index contributed by atoms with van der Waals surface area (Å²) in [7, 11) is 0. The number of nitrogens with zero attached hydrogens (tertiary/aromatic N) is 1. The smallest absolute Gasteiger partial charge is 0.307 e. The zero-order chi connectivity index (χ0) is 39.7. The fourth-order valence-corrected chi connectivity index (χ4v) is 11.8. The summed E-state index contributed by atoms with van der Waals surface area (Å²) >= 11 is 0. The van der Waals surface area contributed by atoms with Crippen LogP contribution in [-0.4, -0.2) is 82.9 Å². The predicted molar refractivity (Wildman–Crippen MR) is 210 cm³/mol. The summed E-state index contributed by atoms with van der Waals surface area (Å²) in [5, 5.41) is 32.9. The molecule has 6 fully saturated rings. The monoisotopic (exact) mass is 792 g/mol. The Morgan fingerprint density at radius 1 is 0.661 bits per heavy atom. The van der Waals surface area contributed by atoms with Crippen LogP contribution in [0.15, 0.2) is 0 Å². The molecular formula is C43H73N3O10. The Balaban J connectivity index is 0.825. The van der Waals surface area contributed by atoms with Crippen LogP contribution in [0.3, 0.4) is 0 Å². The van der Waals surface area contributed by atoms with Gasteiger partial charge in [-0.2, -0.15) is 5.48 Å². The van der Waals surface area contributed by atoms with Gasteiger partial charge in [0.15, 0.2) is 0 Å². The summed E-state index contributed by atoms with van der Waals surface area (Å²) in [5.74, 6) is -0.824. The minimum Gasteiger partial charge on any atom is -0.481 e. The Morgan fingerprint density at radius 3 is 1.62 bits per heavy atom. The number of amides is 1. The van der Waals surface area contributed by atoms with Gasteiger partial charge in [-0.15, -0.1) is 0 Å². The molecule has 0 aromatic rings. The number of carboxylic acid groups (broad SMARTS) is 1. The summed E-state index contributed by atoms with van der Waals surface area (Å²) in [6.07, 6.45) is 23.5. The fourth-order valence-electron chi connectivity index (χ4n) is 11.8. The number of hydroxylamine groups is 1. The highest BCUT2D eigenvalue weighted by molar-refractivity contribution is 5.85. The van der Waals surface area contributed by atoms with Crippen molar-refractivity contribution in [2.75, 3.05) is 13.2 Å².